The van der Waals surface area contributed by atoms with E-state index in [0.29, 0.717) is 0 Å². The van der Waals surface area contributed by atoms with Crippen molar-refractivity contribution in [2.45, 2.75) is 38.4 Å². The third-order valence-electron chi connectivity index (χ3n) is 5.16. The average molecular weight is 392 g/mol. The molecule has 0 bridgehead atoms. The maximum absolute atomic E-state index is 12.4. The molecule has 2 N–H and O–H groups in total. The van der Waals surface area contributed by atoms with Crippen LogP contribution in [0.4, 0.5) is 0 Å². The van der Waals surface area contributed by atoms with Gasteiger partial charge in [-0.3, -0.25) is 14.5 Å². The molecular formula is C24H29N3O2. The highest BCUT2D eigenvalue weighted by Gasteiger charge is 2.23. The molecule has 1 atom stereocenters. The maximum Gasteiger partial charge on any atom is 0.244 e. The molecule has 5 heteroatoms. The molecule has 1 aliphatic rings. The molecule has 2 amide bonds. The normalized spacial score (nSPS) is 16.4. The fourth-order valence-electron chi connectivity index (χ4n) is 3.47. The van der Waals surface area contributed by atoms with Gasteiger partial charge in [0.25, 0.3) is 0 Å². The third-order valence-corrected chi connectivity index (χ3v) is 5.16. The zero-order valence-electron chi connectivity index (χ0n) is 16.9. The first-order chi connectivity index (χ1) is 14.1. The Bertz CT molecular complexity index is 813. The van der Waals surface area contributed by atoms with Gasteiger partial charge in [0, 0.05) is 31.8 Å². The van der Waals surface area contributed by atoms with Crippen LogP contribution >= 0.6 is 0 Å². The molecule has 0 aromatic heterocycles. The van der Waals surface area contributed by atoms with E-state index in [2.05, 4.69) is 39.8 Å². The van der Waals surface area contributed by atoms with Gasteiger partial charge < -0.3 is 10.6 Å². The van der Waals surface area contributed by atoms with Crippen molar-refractivity contribution >= 4 is 17.9 Å². The molecule has 2 aromatic carbocycles. The molecule has 2 aromatic rings. The number of carbonyl (C=O) groups excluding carboxylic acids is 2. The Hall–Kier alpha value is -2.92. The van der Waals surface area contributed by atoms with Crippen LogP contribution in [-0.4, -0.2) is 41.9 Å². The highest BCUT2D eigenvalue weighted by molar-refractivity contribution is 5.95. The zero-order chi connectivity index (χ0) is 20.5. The van der Waals surface area contributed by atoms with Gasteiger partial charge in [0.1, 0.15) is 6.04 Å². The molecule has 3 rings (SSSR count). The first-order valence-corrected chi connectivity index (χ1v) is 10.2. The fraction of sp³-hybridized carbons (Fsp3) is 0.333. The second kappa shape index (κ2) is 10.6. The van der Waals surface area contributed by atoms with Gasteiger partial charge >= 0.3 is 0 Å². The smallest absolute Gasteiger partial charge is 0.244 e. The summed E-state index contributed by atoms with van der Waals surface area (Å²) < 4.78 is 0. The third kappa shape index (κ3) is 6.88. The lowest BCUT2D eigenvalue weighted by Gasteiger charge is -2.32. The Labute approximate surface area is 172 Å². The Balaban J connectivity index is 1.38. The van der Waals surface area contributed by atoms with E-state index >= 15 is 0 Å². The number of likely N-dealkylation sites (tertiary alicyclic amines) is 1. The minimum Gasteiger partial charge on any atom is -0.351 e. The first kappa shape index (κ1) is 20.8. The van der Waals surface area contributed by atoms with E-state index in [0.717, 1.165) is 38.0 Å². The number of rotatable bonds is 7. The molecule has 0 spiro atoms. The largest absolute Gasteiger partial charge is 0.351 e. The number of carbonyl (C=O) groups is 2. The molecule has 0 aliphatic carbocycles. The van der Waals surface area contributed by atoms with Crippen molar-refractivity contribution in [2.24, 2.45) is 0 Å². The van der Waals surface area contributed by atoms with Crippen LogP contribution in [0.2, 0.25) is 0 Å². The average Bonchev–Trinajstić information content (AvgIpc) is 2.75. The van der Waals surface area contributed by atoms with Crippen molar-refractivity contribution in [1.29, 1.82) is 0 Å². The fourth-order valence-corrected chi connectivity index (χ4v) is 3.47. The summed E-state index contributed by atoms with van der Waals surface area (Å²) in [5, 5.41) is 5.81. The van der Waals surface area contributed by atoms with Gasteiger partial charge in [0.2, 0.25) is 11.8 Å². The van der Waals surface area contributed by atoms with Gasteiger partial charge in [-0.25, -0.2) is 0 Å². The monoisotopic (exact) mass is 391 g/mol. The van der Waals surface area contributed by atoms with Crippen molar-refractivity contribution in [2.75, 3.05) is 13.1 Å². The second-order valence-corrected chi connectivity index (χ2v) is 7.52. The summed E-state index contributed by atoms with van der Waals surface area (Å²) in [6.45, 7) is 4.58. The lowest BCUT2D eigenvalue weighted by molar-refractivity contribution is -0.127. The van der Waals surface area contributed by atoms with Crippen LogP contribution in [0.3, 0.4) is 0 Å². The van der Waals surface area contributed by atoms with E-state index in [-0.39, 0.29) is 17.9 Å². The Morgan fingerprint density at radius 3 is 2.31 bits per heavy atom. The predicted octanol–water partition coefficient (Wildman–Crippen LogP) is 2.99. The second-order valence-electron chi connectivity index (χ2n) is 7.52. The summed E-state index contributed by atoms with van der Waals surface area (Å²) in [7, 11) is 0. The number of amides is 2. The standard InChI is InChI=1S/C24H29N3O2/c1-19(25-23(28)13-12-20-8-4-2-5-9-20)24(29)26-22-14-16-27(17-15-22)18-21-10-6-3-7-11-21/h2-13,19,22H,14-18H2,1H3,(H,25,28)(H,26,29)/b13-12+/t19-/m1/s1. The van der Waals surface area contributed by atoms with E-state index in [1.54, 1.807) is 13.0 Å². The van der Waals surface area contributed by atoms with Gasteiger partial charge in [0.05, 0.1) is 0 Å². The molecule has 29 heavy (non-hydrogen) atoms. The van der Waals surface area contributed by atoms with Crippen molar-refractivity contribution in [3.05, 3.63) is 77.9 Å². The zero-order valence-corrected chi connectivity index (χ0v) is 16.9. The Morgan fingerprint density at radius 1 is 1.03 bits per heavy atom. The molecule has 1 aliphatic heterocycles. The lowest BCUT2D eigenvalue weighted by atomic mass is 10.0. The molecule has 5 nitrogen and oxygen atoms in total. The summed E-state index contributed by atoms with van der Waals surface area (Å²) in [5.74, 6) is -0.401. The van der Waals surface area contributed by atoms with Gasteiger partial charge in [-0.2, -0.15) is 0 Å². The molecular weight excluding hydrogens is 362 g/mol. The number of nitrogens with one attached hydrogen (secondary N) is 2. The predicted molar refractivity (Wildman–Crippen MR) is 116 cm³/mol. The molecule has 0 saturated carbocycles. The van der Waals surface area contributed by atoms with Crippen LogP contribution in [0.25, 0.3) is 6.08 Å². The number of hydrogen-bond donors (Lipinski definition) is 2. The van der Waals surface area contributed by atoms with Crippen molar-refractivity contribution in [3.63, 3.8) is 0 Å². The lowest BCUT2D eigenvalue weighted by Crippen LogP contribution is -2.50. The van der Waals surface area contributed by atoms with Crippen LogP contribution in [0, 0.1) is 0 Å². The quantitative estimate of drug-likeness (QED) is 0.714. The number of benzene rings is 2. The Morgan fingerprint density at radius 2 is 1.66 bits per heavy atom. The number of piperidine rings is 1. The minimum absolute atomic E-state index is 0.132. The first-order valence-electron chi connectivity index (χ1n) is 10.2. The molecule has 0 unspecified atom stereocenters. The van der Waals surface area contributed by atoms with Crippen LogP contribution in [0.1, 0.15) is 30.9 Å². The Kier molecular flexibility index (Phi) is 7.59. The van der Waals surface area contributed by atoms with Crippen LogP contribution in [-0.2, 0) is 16.1 Å². The van der Waals surface area contributed by atoms with Crippen molar-refractivity contribution in [1.82, 2.24) is 15.5 Å². The summed E-state index contributed by atoms with van der Waals surface area (Å²) >= 11 is 0. The minimum atomic E-state index is -0.565. The topological polar surface area (TPSA) is 61.4 Å². The molecule has 0 radical (unpaired) electrons. The summed E-state index contributed by atoms with van der Waals surface area (Å²) in [6.07, 6.45) is 5.05. The molecule has 1 heterocycles. The van der Waals surface area contributed by atoms with Crippen LogP contribution in [0.15, 0.2) is 66.7 Å². The number of nitrogens with zero attached hydrogens (tertiary/aromatic N) is 1. The van der Waals surface area contributed by atoms with E-state index in [9.17, 15) is 9.59 Å². The van der Waals surface area contributed by atoms with E-state index in [1.165, 1.54) is 11.6 Å². The van der Waals surface area contributed by atoms with E-state index < -0.39 is 6.04 Å². The van der Waals surface area contributed by atoms with E-state index in [1.807, 2.05) is 36.4 Å². The van der Waals surface area contributed by atoms with Gasteiger partial charge in [0.15, 0.2) is 0 Å². The van der Waals surface area contributed by atoms with Crippen molar-refractivity contribution < 1.29 is 9.59 Å². The summed E-state index contributed by atoms with van der Waals surface area (Å²) in [6, 6.07) is 19.6. The van der Waals surface area contributed by atoms with Crippen molar-refractivity contribution in [3.8, 4) is 0 Å². The maximum atomic E-state index is 12.4. The van der Waals surface area contributed by atoms with Gasteiger partial charge in [-0.15, -0.1) is 0 Å². The van der Waals surface area contributed by atoms with Crippen LogP contribution < -0.4 is 10.6 Å². The highest BCUT2D eigenvalue weighted by Crippen LogP contribution is 2.14. The molecule has 152 valence electrons. The van der Waals surface area contributed by atoms with Crippen LogP contribution in [0.5, 0.6) is 0 Å². The SMILES string of the molecule is C[C@@H](NC(=O)/C=C/c1ccccc1)C(=O)NC1CCN(Cc2ccccc2)CC1. The summed E-state index contributed by atoms with van der Waals surface area (Å²) in [5.41, 5.74) is 2.26. The van der Waals surface area contributed by atoms with Gasteiger partial charge in [-0.05, 0) is 37.0 Å². The van der Waals surface area contributed by atoms with E-state index in [4.69, 9.17) is 0 Å². The molecule has 1 fully saturated rings. The number of hydrogen-bond acceptors (Lipinski definition) is 3. The molecule has 1 saturated heterocycles. The van der Waals surface area contributed by atoms with Gasteiger partial charge in [-0.1, -0.05) is 60.7 Å². The summed E-state index contributed by atoms with van der Waals surface area (Å²) in [4.78, 5) is 26.9. The highest BCUT2D eigenvalue weighted by atomic mass is 16.2.